The number of nitrogens with zero attached hydrogens (tertiary/aromatic N) is 1. The fourth-order valence-corrected chi connectivity index (χ4v) is 3.44. The van der Waals surface area contributed by atoms with Crippen LogP contribution in [-0.2, 0) is 26.2 Å². The van der Waals surface area contributed by atoms with E-state index in [-0.39, 0.29) is 56.9 Å². The van der Waals surface area contributed by atoms with E-state index in [1.807, 2.05) is 18.3 Å². The number of hydrogen-bond acceptors (Lipinski definition) is 2. The molecule has 2 aliphatic carbocycles. The molecular weight excluding hydrogens is 448 g/mol. The zero-order chi connectivity index (χ0) is 15.1. The summed E-state index contributed by atoms with van der Waals surface area (Å²) in [6.07, 6.45) is 9.49. The van der Waals surface area contributed by atoms with Crippen LogP contribution in [-0.4, -0.2) is 9.85 Å². The fourth-order valence-electron chi connectivity index (χ4n) is 3.16. The Morgan fingerprint density at radius 3 is 2.32 bits per heavy atom. The number of hydrogen-bond donors (Lipinski definition) is 0. The fraction of sp³-hybridized carbons (Fsp3) is 0.100. The molecule has 2 aliphatic rings. The minimum Gasteiger partial charge on any atom is -1.00 e. The first-order valence-corrected chi connectivity index (χ1v) is 7.73. The van der Waals surface area contributed by atoms with E-state index in [1.165, 1.54) is 22.3 Å². The Morgan fingerprint density at radius 1 is 1.00 bits per heavy atom. The molecular formula is C20H14Cl2NSZr. The van der Waals surface area contributed by atoms with Gasteiger partial charge >= 0.3 is 26.2 Å². The van der Waals surface area contributed by atoms with E-state index in [0.29, 0.717) is 0 Å². The second kappa shape index (κ2) is 9.19. The molecule has 0 amide bonds. The molecule has 25 heavy (non-hydrogen) atoms. The molecule has 2 aromatic rings. The van der Waals surface area contributed by atoms with Gasteiger partial charge in [-0.15, -0.1) is 10.4 Å². The summed E-state index contributed by atoms with van der Waals surface area (Å²) < 4.78 is 0. The maximum Gasteiger partial charge on any atom is 3.00 e. The minimum atomic E-state index is 0. The van der Waals surface area contributed by atoms with E-state index >= 15 is 0 Å². The van der Waals surface area contributed by atoms with E-state index in [0.717, 1.165) is 16.0 Å². The van der Waals surface area contributed by atoms with Gasteiger partial charge in [-0.3, -0.25) is 11.1 Å². The molecule has 1 nitrogen and oxygen atoms in total. The molecule has 0 fully saturated rings. The molecule has 5 heteroatoms. The first kappa shape index (κ1) is 22.2. The maximum absolute atomic E-state index is 5.65. The molecule has 1 unspecified atom stereocenters. The summed E-state index contributed by atoms with van der Waals surface area (Å²) >= 11 is 5.65. The van der Waals surface area contributed by atoms with Crippen LogP contribution in [0.2, 0.25) is 0 Å². The zero-order valence-corrected chi connectivity index (χ0v) is 18.2. The summed E-state index contributed by atoms with van der Waals surface area (Å²) in [5, 5.41) is 0. The summed E-state index contributed by atoms with van der Waals surface area (Å²) in [6, 6.07) is 14.5. The molecule has 4 rings (SSSR count). The van der Waals surface area contributed by atoms with Crippen molar-refractivity contribution in [2.75, 3.05) is 0 Å². The average molecular weight is 463 g/mol. The Hall–Kier alpha value is -0.857. The van der Waals surface area contributed by atoms with E-state index in [9.17, 15) is 0 Å². The van der Waals surface area contributed by atoms with Crippen molar-refractivity contribution in [3.05, 3.63) is 89.3 Å². The zero-order valence-electron chi connectivity index (χ0n) is 13.5. The number of rotatable bonds is 2. The molecule has 1 atom stereocenters. The molecule has 0 saturated heterocycles. The molecule has 0 saturated carbocycles. The quantitative estimate of drug-likeness (QED) is 0.406. The van der Waals surface area contributed by atoms with Crippen LogP contribution in [0.4, 0.5) is 0 Å². The van der Waals surface area contributed by atoms with Crippen molar-refractivity contribution in [2.24, 2.45) is 5.92 Å². The van der Waals surface area contributed by atoms with Crippen LogP contribution in [0, 0.1) is 12.0 Å². The number of thiocarbonyl (C=S) groups is 1. The van der Waals surface area contributed by atoms with Crippen LogP contribution in [0.5, 0.6) is 0 Å². The van der Waals surface area contributed by atoms with E-state index < -0.39 is 0 Å². The number of aromatic nitrogens is 1. The first-order chi connectivity index (χ1) is 10.8. The predicted octanol–water partition coefficient (Wildman–Crippen LogP) is -1.31. The van der Waals surface area contributed by atoms with Crippen molar-refractivity contribution < 1.29 is 51.0 Å². The monoisotopic (exact) mass is 460 g/mol. The Balaban J connectivity index is 0.00000104. The van der Waals surface area contributed by atoms with Gasteiger partial charge in [-0.1, -0.05) is 55.3 Å². The van der Waals surface area contributed by atoms with Crippen molar-refractivity contribution in [3.63, 3.8) is 0 Å². The molecule has 1 heterocycles. The van der Waals surface area contributed by atoms with E-state index in [2.05, 4.69) is 54.4 Å². The van der Waals surface area contributed by atoms with Gasteiger partial charge in [0.2, 0.25) is 0 Å². The van der Waals surface area contributed by atoms with Crippen LogP contribution in [0.1, 0.15) is 18.1 Å². The number of pyridine rings is 1. The van der Waals surface area contributed by atoms with E-state index in [1.54, 1.807) is 6.20 Å². The average Bonchev–Trinajstić information content (AvgIpc) is 3.07. The van der Waals surface area contributed by atoms with Crippen LogP contribution in [0.15, 0.2) is 72.1 Å². The Kier molecular flexibility index (Phi) is 8.15. The van der Waals surface area contributed by atoms with Gasteiger partial charge in [0.25, 0.3) is 0 Å². The van der Waals surface area contributed by atoms with Gasteiger partial charge < -0.3 is 24.8 Å². The summed E-state index contributed by atoms with van der Waals surface area (Å²) in [7, 11) is 0. The molecule has 0 spiro atoms. The predicted molar refractivity (Wildman–Crippen MR) is 94.1 cm³/mol. The van der Waals surface area contributed by atoms with Gasteiger partial charge in [0.15, 0.2) is 0 Å². The number of benzene rings is 1. The van der Waals surface area contributed by atoms with Crippen LogP contribution in [0.25, 0.3) is 11.1 Å². The number of halogens is 2. The number of fused-ring (bicyclic) bond motifs is 1. The first-order valence-electron chi connectivity index (χ1n) is 7.32. The Bertz CT molecular complexity index is 858. The molecule has 1 radical (unpaired) electrons. The third-order valence-corrected chi connectivity index (χ3v) is 4.74. The van der Waals surface area contributed by atoms with Crippen molar-refractivity contribution in [3.8, 4) is 0 Å². The normalized spacial score (nSPS) is 17.6. The van der Waals surface area contributed by atoms with Gasteiger partial charge in [-0.2, -0.15) is 0 Å². The topological polar surface area (TPSA) is 12.9 Å². The van der Waals surface area contributed by atoms with Gasteiger partial charge in [0.1, 0.15) is 0 Å². The molecule has 0 aliphatic heterocycles. The molecule has 1 aromatic heterocycles. The largest absolute Gasteiger partial charge is 3.00 e. The summed E-state index contributed by atoms with van der Waals surface area (Å²) in [4.78, 5) is 5.19. The third kappa shape index (κ3) is 3.96. The second-order valence-corrected chi connectivity index (χ2v) is 5.97. The minimum absolute atomic E-state index is 0. The van der Waals surface area contributed by atoms with Crippen LogP contribution < -0.4 is 24.8 Å². The van der Waals surface area contributed by atoms with E-state index in [4.69, 9.17) is 12.2 Å². The van der Waals surface area contributed by atoms with Crippen molar-refractivity contribution in [1.29, 1.82) is 0 Å². The van der Waals surface area contributed by atoms with Crippen LogP contribution >= 0.6 is 12.2 Å². The summed E-state index contributed by atoms with van der Waals surface area (Å²) in [6.45, 7) is 2.05. The standard InChI is InChI=1S/C20H14NS.2ClH.Zr/c1-13-10-18-16(14-6-3-2-4-7-14)11-17(19(18)20(13)22)15-8-5-9-21-12-15;;;/h2-9,11-12,18H,1H3;2*1H;/q-1;;;+3/p-2. The van der Waals surface area contributed by atoms with Crippen molar-refractivity contribution in [2.45, 2.75) is 6.92 Å². The smallest absolute Gasteiger partial charge is 1.00 e. The number of allylic oxidation sites excluding steroid dienone is 6. The van der Waals surface area contributed by atoms with Crippen molar-refractivity contribution in [1.82, 2.24) is 4.98 Å². The van der Waals surface area contributed by atoms with Gasteiger partial charge in [-0.05, 0) is 28.3 Å². The summed E-state index contributed by atoms with van der Waals surface area (Å²) in [5.74, 6) is 0.158. The summed E-state index contributed by atoms with van der Waals surface area (Å²) in [5.41, 5.74) is 7.10. The van der Waals surface area contributed by atoms with Gasteiger partial charge in [0.05, 0.1) is 0 Å². The molecule has 0 N–H and O–H groups in total. The SMILES string of the molecule is CC1=[C-]C2C(c3ccccc3)=CC(c3cccnc3)=C2C1=S.[Cl-].[Cl-].[Zr+3]. The van der Waals surface area contributed by atoms with Gasteiger partial charge in [-0.25, -0.2) is 17.8 Å². The van der Waals surface area contributed by atoms with Crippen LogP contribution in [0.3, 0.4) is 0 Å². The molecule has 0 bridgehead atoms. The Morgan fingerprint density at radius 2 is 1.68 bits per heavy atom. The van der Waals surface area contributed by atoms with Gasteiger partial charge in [0, 0.05) is 12.4 Å². The third-order valence-electron chi connectivity index (χ3n) is 4.22. The second-order valence-electron chi connectivity index (χ2n) is 5.57. The molecule has 1 aromatic carbocycles. The molecule has 123 valence electrons. The van der Waals surface area contributed by atoms with Crippen molar-refractivity contribution >= 4 is 28.2 Å². The Labute approximate surface area is 185 Å². The maximum atomic E-state index is 5.65.